The molecule has 0 aromatic heterocycles. The van der Waals surface area contributed by atoms with Crippen LogP contribution in [-0.2, 0) is 6.54 Å². The van der Waals surface area contributed by atoms with Gasteiger partial charge in [-0.25, -0.2) is 0 Å². The molecule has 0 aliphatic rings. The summed E-state index contributed by atoms with van der Waals surface area (Å²) in [4.78, 5) is 2.28. The topological polar surface area (TPSA) is 3.24 Å². The van der Waals surface area contributed by atoms with Gasteiger partial charge >= 0.3 is 0 Å². The van der Waals surface area contributed by atoms with Crippen molar-refractivity contribution in [3.63, 3.8) is 0 Å². The Kier molecular flexibility index (Phi) is 6.52. The summed E-state index contributed by atoms with van der Waals surface area (Å²) in [5.41, 5.74) is 2.76. The number of nitrogens with zero attached hydrogens (tertiary/aromatic N) is 1. The van der Waals surface area contributed by atoms with E-state index in [1.807, 2.05) is 6.08 Å². The molecule has 0 amide bonds. The van der Waals surface area contributed by atoms with Crippen LogP contribution in [0.5, 0.6) is 0 Å². The summed E-state index contributed by atoms with van der Waals surface area (Å²) < 4.78 is 1.14. The van der Waals surface area contributed by atoms with Gasteiger partial charge in [0.25, 0.3) is 0 Å². The summed E-state index contributed by atoms with van der Waals surface area (Å²) in [7, 11) is 2.13. The fourth-order valence-corrected chi connectivity index (χ4v) is 2.12. The van der Waals surface area contributed by atoms with E-state index in [1.165, 1.54) is 11.1 Å². The molecule has 1 aromatic carbocycles. The maximum atomic E-state index is 3.53. The largest absolute Gasteiger partial charge is 0.298 e. The van der Waals surface area contributed by atoms with Gasteiger partial charge < -0.3 is 0 Å². The monoisotopic (exact) mass is 333 g/mol. The van der Waals surface area contributed by atoms with E-state index in [9.17, 15) is 0 Å². The number of likely N-dealkylation sites (N-methyl/N-ethyl adjacent to an activating group) is 1. The molecule has 20 heavy (non-hydrogen) atoms. The van der Waals surface area contributed by atoms with E-state index in [1.54, 1.807) is 0 Å². The predicted molar refractivity (Wildman–Crippen MR) is 91.6 cm³/mol. The van der Waals surface area contributed by atoms with Crippen molar-refractivity contribution < 1.29 is 0 Å². The molecule has 0 radical (unpaired) electrons. The van der Waals surface area contributed by atoms with Crippen molar-refractivity contribution in [1.29, 1.82) is 0 Å². The third-order valence-corrected chi connectivity index (χ3v) is 3.31. The quantitative estimate of drug-likeness (QED) is 0.715. The molecule has 0 N–H and O–H groups in total. The van der Waals surface area contributed by atoms with Crippen molar-refractivity contribution >= 4 is 15.9 Å². The molecule has 1 nitrogen and oxygen atoms in total. The number of hydrogen-bond acceptors (Lipinski definition) is 1. The molecule has 0 heterocycles. The van der Waals surface area contributed by atoms with Crippen LogP contribution in [0.15, 0.2) is 34.8 Å². The van der Waals surface area contributed by atoms with Crippen molar-refractivity contribution in [2.45, 2.75) is 34.2 Å². The van der Waals surface area contributed by atoms with Crippen molar-refractivity contribution in [3.8, 4) is 11.8 Å². The molecule has 0 aliphatic heterocycles. The molecule has 0 unspecified atom stereocenters. The Bertz CT molecular complexity index is 527. The van der Waals surface area contributed by atoms with E-state index in [4.69, 9.17) is 0 Å². The van der Waals surface area contributed by atoms with Gasteiger partial charge in [-0.2, -0.15) is 0 Å². The van der Waals surface area contributed by atoms with Crippen LogP contribution in [0.2, 0.25) is 0 Å². The molecule has 0 saturated heterocycles. The second-order valence-electron chi connectivity index (χ2n) is 6.19. The van der Waals surface area contributed by atoms with Crippen LogP contribution in [0.25, 0.3) is 0 Å². The van der Waals surface area contributed by atoms with Gasteiger partial charge in [0, 0.05) is 23.0 Å². The van der Waals surface area contributed by atoms with Gasteiger partial charge in [0.15, 0.2) is 0 Å². The van der Waals surface area contributed by atoms with Gasteiger partial charge in [0.05, 0.1) is 0 Å². The average molecular weight is 334 g/mol. The van der Waals surface area contributed by atoms with Gasteiger partial charge in [0.2, 0.25) is 0 Å². The van der Waals surface area contributed by atoms with Crippen molar-refractivity contribution in [3.05, 3.63) is 46.0 Å². The fraction of sp³-hybridized carbons (Fsp3) is 0.444. The van der Waals surface area contributed by atoms with Gasteiger partial charge in [-0.1, -0.05) is 39.9 Å². The summed E-state index contributed by atoms with van der Waals surface area (Å²) in [5, 5.41) is 0. The highest BCUT2D eigenvalue weighted by Crippen LogP contribution is 2.17. The Hall–Kier alpha value is -1.04. The highest BCUT2D eigenvalue weighted by molar-refractivity contribution is 9.10. The highest BCUT2D eigenvalue weighted by Gasteiger charge is 2.03. The molecular weight excluding hydrogens is 310 g/mol. The first kappa shape index (κ1) is 17.0. The number of benzene rings is 1. The molecule has 0 spiro atoms. The van der Waals surface area contributed by atoms with Crippen LogP contribution in [0.1, 0.15) is 31.9 Å². The minimum Gasteiger partial charge on any atom is -0.298 e. The molecule has 0 saturated carbocycles. The zero-order chi connectivity index (χ0) is 15.2. The summed E-state index contributed by atoms with van der Waals surface area (Å²) in [6.07, 6.45) is 4.07. The summed E-state index contributed by atoms with van der Waals surface area (Å²) >= 11 is 3.53. The third-order valence-electron chi connectivity index (χ3n) is 2.82. The van der Waals surface area contributed by atoms with Crippen LogP contribution in [-0.4, -0.2) is 18.5 Å². The highest BCUT2D eigenvalue weighted by atomic mass is 79.9. The van der Waals surface area contributed by atoms with Gasteiger partial charge in [-0.3, -0.25) is 4.90 Å². The number of hydrogen-bond donors (Lipinski definition) is 0. The van der Waals surface area contributed by atoms with Crippen LogP contribution in [0.3, 0.4) is 0 Å². The van der Waals surface area contributed by atoms with Crippen molar-refractivity contribution in [1.82, 2.24) is 4.90 Å². The average Bonchev–Trinajstić information content (AvgIpc) is 2.32. The number of aryl methyl sites for hydroxylation is 1. The second kappa shape index (κ2) is 7.67. The summed E-state index contributed by atoms with van der Waals surface area (Å²) in [6, 6.07) is 6.42. The Morgan fingerprint density at radius 3 is 2.65 bits per heavy atom. The van der Waals surface area contributed by atoms with Crippen LogP contribution in [0.4, 0.5) is 0 Å². The molecule has 2 heteroatoms. The summed E-state index contributed by atoms with van der Waals surface area (Å²) in [5.74, 6) is 6.30. The lowest BCUT2D eigenvalue weighted by molar-refractivity contribution is 0.362. The van der Waals surface area contributed by atoms with Crippen molar-refractivity contribution in [2.75, 3.05) is 13.6 Å². The molecule has 1 rings (SSSR count). The maximum absolute atomic E-state index is 3.53. The second-order valence-corrected chi connectivity index (χ2v) is 7.10. The minimum atomic E-state index is 0.0731. The smallest absolute Gasteiger partial charge is 0.0237 e. The van der Waals surface area contributed by atoms with E-state index in [0.29, 0.717) is 0 Å². The maximum Gasteiger partial charge on any atom is 0.0237 e. The first-order chi connectivity index (χ1) is 9.28. The lowest BCUT2D eigenvalue weighted by atomic mass is 9.98. The first-order valence-corrected chi connectivity index (χ1v) is 7.68. The molecule has 1 aromatic rings. The first-order valence-electron chi connectivity index (χ1n) is 6.89. The van der Waals surface area contributed by atoms with Gasteiger partial charge in [-0.05, 0) is 64.1 Å². The van der Waals surface area contributed by atoms with E-state index in [-0.39, 0.29) is 5.41 Å². The number of rotatable bonds is 4. The lowest BCUT2D eigenvalue weighted by Gasteiger charge is -2.16. The van der Waals surface area contributed by atoms with Crippen LogP contribution >= 0.6 is 15.9 Å². The Balaban J connectivity index is 2.51. The molecule has 0 atom stereocenters. The standard InChI is InChI=1S/C18H24BrN/c1-15-9-10-17(19)13-16(15)14-20(5)12-8-6-7-11-18(2,3)4/h6,8-10,13H,12,14H2,1-5H3. The van der Waals surface area contributed by atoms with E-state index >= 15 is 0 Å². The lowest BCUT2D eigenvalue weighted by Crippen LogP contribution is -2.18. The Labute approximate surface area is 132 Å². The van der Waals surface area contributed by atoms with E-state index < -0.39 is 0 Å². The van der Waals surface area contributed by atoms with Crippen LogP contribution < -0.4 is 0 Å². The van der Waals surface area contributed by atoms with Gasteiger partial charge in [-0.15, -0.1) is 0 Å². The fourth-order valence-electron chi connectivity index (χ4n) is 1.72. The van der Waals surface area contributed by atoms with Crippen molar-refractivity contribution in [2.24, 2.45) is 5.41 Å². The molecule has 0 aliphatic carbocycles. The van der Waals surface area contributed by atoms with Gasteiger partial charge in [0.1, 0.15) is 0 Å². The zero-order valence-corrected chi connectivity index (χ0v) is 14.7. The predicted octanol–water partition coefficient (Wildman–Crippen LogP) is 4.80. The van der Waals surface area contributed by atoms with E-state index in [2.05, 4.69) is 91.7 Å². The SMILES string of the molecule is Cc1ccc(Br)cc1CN(C)CC=CC#CC(C)(C)C. The summed E-state index contributed by atoms with van der Waals surface area (Å²) in [6.45, 7) is 10.4. The third kappa shape index (κ3) is 6.93. The number of halogens is 1. The molecular formula is C18H24BrN. The number of allylic oxidation sites excluding steroid dienone is 1. The zero-order valence-electron chi connectivity index (χ0n) is 13.1. The normalized spacial score (nSPS) is 11.8. The Morgan fingerprint density at radius 1 is 1.30 bits per heavy atom. The molecule has 108 valence electrons. The Morgan fingerprint density at radius 2 is 2.00 bits per heavy atom. The minimum absolute atomic E-state index is 0.0731. The van der Waals surface area contributed by atoms with Crippen LogP contribution in [0, 0.1) is 24.2 Å². The molecule has 0 fully saturated rings. The molecule has 0 bridgehead atoms. The van der Waals surface area contributed by atoms with E-state index in [0.717, 1.165) is 17.6 Å².